The number of carbonyl (C=O) groups excluding carboxylic acids is 1. The zero-order chi connectivity index (χ0) is 23.8. The summed E-state index contributed by atoms with van der Waals surface area (Å²) in [6.45, 7) is 0. The highest BCUT2D eigenvalue weighted by Crippen LogP contribution is 2.34. The molecule has 0 saturated carbocycles. The van der Waals surface area contributed by atoms with E-state index in [1.54, 1.807) is 55.6 Å². The third-order valence-electron chi connectivity index (χ3n) is 4.38. The molecule has 0 heterocycles. The topological polar surface area (TPSA) is 146 Å². The molecule has 0 atom stereocenters. The van der Waals surface area contributed by atoms with Crippen LogP contribution in [0.2, 0.25) is 0 Å². The molecule has 0 aliphatic heterocycles. The standard InChI is InChI=1S/C22H18N4O7/c1-32-18-7-2-15(3-8-18)12-22(27)24-23-14-16-4-9-19(10-5-16)33-21-11-6-17(25(28)29)13-20(21)26(30)31/h2-11,13-14H,12H2,1H3,(H,24,27)/b23-14-. The van der Waals surface area contributed by atoms with Gasteiger partial charge >= 0.3 is 5.69 Å². The molecule has 1 N–H and O–H groups in total. The fourth-order valence-corrected chi connectivity index (χ4v) is 2.74. The smallest absolute Gasteiger partial charge is 0.318 e. The van der Waals surface area contributed by atoms with Crippen LogP contribution in [0.15, 0.2) is 71.8 Å². The van der Waals surface area contributed by atoms with Crippen LogP contribution in [-0.2, 0) is 11.2 Å². The van der Waals surface area contributed by atoms with E-state index in [9.17, 15) is 25.0 Å². The molecular weight excluding hydrogens is 432 g/mol. The Morgan fingerprint density at radius 3 is 2.24 bits per heavy atom. The minimum Gasteiger partial charge on any atom is -0.497 e. The second-order valence-corrected chi connectivity index (χ2v) is 6.66. The summed E-state index contributed by atoms with van der Waals surface area (Å²) in [7, 11) is 1.56. The van der Waals surface area contributed by atoms with Crippen molar-refractivity contribution in [1.82, 2.24) is 5.43 Å². The van der Waals surface area contributed by atoms with Gasteiger partial charge in [-0.3, -0.25) is 25.0 Å². The Hall–Kier alpha value is -4.80. The van der Waals surface area contributed by atoms with E-state index in [1.165, 1.54) is 12.3 Å². The van der Waals surface area contributed by atoms with Gasteiger partial charge in [0.2, 0.25) is 11.7 Å². The lowest BCUT2D eigenvalue weighted by molar-refractivity contribution is -0.394. The Labute approximate surface area is 187 Å². The number of benzene rings is 3. The van der Waals surface area contributed by atoms with Crippen LogP contribution in [0, 0.1) is 20.2 Å². The third-order valence-corrected chi connectivity index (χ3v) is 4.38. The number of nitrogens with one attached hydrogen (secondary N) is 1. The quantitative estimate of drug-likeness (QED) is 0.294. The number of nitrogens with zero attached hydrogens (tertiary/aromatic N) is 3. The van der Waals surface area contributed by atoms with Crippen molar-refractivity contribution in [2.45, 2.75) is 6.42 Å². The Kier molecular flexibility index (Phi) is 7.27. The molecule has 3 aromatic carbocycles. The predicted molar refractivity (Wildman–Crippen MR) is 119 cm³/mol. The molecule has 11 nitrogen and oxygen atoms in total. The molecule has 33 heavy (non-hydrogen) atoms. The van der Waals surface area contributed by atoms with E-state index >= 15 is 0 Å². The maximum atomic E-state index is 12.0. The highest BCUT2D eigenvalue weighted by Gasteiger charge is 2.21. The van der Waals surface area contributed by atoms with Gasteiger partial charge in [0.25, 0.3) is 5.69 Å². The van der Waals surface area contributed by atoms with E-state index in [0.717, 1.165) is 17.7 Å². The molecule has 0 aromatic heterocycles. The Bertz CT molecular complexity index is 1190. The van der Waals surface area contributed by atoms with Crippen molar-refractivity contribution in [2.24, 2.45) is 5.10 Å². The molecular formula is C22H18N4O7. The van der Waals surface area contributed by atoms with Gasteiger partial charge in [0, 0.05) is 6.07 Å². The summed E-state index contributed by atoms with van der Waals surface area (Å²) in [6.07, 6.45) is 1.59. The number of ether oxygens (including phenoxy) is 2. The summed E-state index contributed by atoms with van der Waals surface area (Å²) in [6, 6.07) is 16.6. The minimum absolute atomic E-state index is 0.127. The van der Waals surface area contributed by atoms with Crippen LogP contribution in [0.5, 0.6) is 17.2 Å². The average molecular weight is 450 g/mol. The Balaban J connectivity index is 1.59. The van der Waals surface area contributed by atoms with E-state index in [4.69, 9.17) is 9.47 Å². The number of carbonyl (C=O) groups is 1. The van der Waals surface area contributed by atoms with Crippen molar-refractivity contribution in [3.63, 3.8) is 0 Å². The normalized spacial score (nSPS) is 10.6. The van der Waals surface area contributed by atoms with E-state index in [-0.39, 0.29) is 23.8 Å². The van der Waals surface area contributed by atoms with Gasteiger partial charge in [-0.15, -0.1) is 0 Å². The van der Waals surface area contributed by atoms with Crippen molar-refractivity contribution < 1.29 is 24.1 Å². The molecule has 0 saturated heterocycles. The van der Waals surface area contributed by atoms with Gasteiger partial charge in [-0.2, -0.15) is 5.10 Å². The van der Waals surface area contributed by atoms with Gasteiger partial charge in [-0.1, -0.05) is 12.1 Å². The van der Waals surface area contributed by atoms with Crippen LogP contribution in [0.3, 0.4) is 0 Å². The zero-order valence-electron chi connectivity index (χ0n) is 17.3. The van der Waals surface area contributed by atoms with Crippen molar-refractivity contribution in [3.05, 3.63) is 98.1 Å². The number of methoxy groups -OCH3 is 1. The number of rotatable bonds is 9. The molecule has 1 amide bonds. The van der Waals surface area contributed by atoms with Crippen molar-refractivity contribution in [1.29, 1.82) is 0 Å². The number of nitro benzene ring substituents is 2. The lowest BCUT2D eigenvalue weighted by atomic mass is 10.1. The van der Waals surface area contributed by atoms with Crippen LogP contribution in [0.25, 0.3) is 0 Å². The van der Waals surface area contributed by atoms with Crippen molar-refractivity contribution in [3.8, 4) is 17.2 Å². The molecule has 0 fully saturated rings. The summed E-state index contributed by atoms with van der Waals surface area (Å²) in [5.74, 6) is 0.570. The van der Waals surface area contributed by atoms with Crippen molar-refractivity contribution >= 4 is 23.5 Å². The summed E-state index contributed by atoms with van der Waals surface area (Å²) in [5, 5.41) is 25.9. The molecule has 168 valence electrons. The SMILES string of the molecule is COc1ccc(CC(=O)N/N=C\c2ccc(Oc3ccc([N+](=O)[O-])cc3[N+](=O)[O-])cc2)cc1. The number of nitro groups is 2. The van der Waals surface area contributed by atoms with E-state index in [0.29, 0.717) is 11.3 Å². The monoisotopic (exact) mass is 450 g/mol. The van der Waals surface area contributed by atoms with E-state index < -0.39 is 21.2 Å². The zero-order valence-corrected chi connectivity index (χ0v) is 17.3. The number of hydrazone groups is 1. The van der Waals surface area contributed by atoms with Crippen LogP contribution in [-0.4, -0.2) is 29.1 Å². The fourth-order valence-electron chi connectivity index (χ4n) is 2.74. The van der Waals surface area contributed by atoms with Gasteiger partial charge < -0.3 is 9.47 Å². The number of non-ortho nitro benzene ring substituents is 1. The largest absolute Gasteiger partial charge is 0.497 e. The van der Waals surface area contributed by atoms with Crippen LogP contribution in [0.1, 0.15) is 11.1 Å². The Morgan fingerprint density at radius 2 is 1.64 bits per heavy atom. The first-order chi connectivity index (χ1) is 15.9. The maximum absolute atomic E-state index is 12.0. The highest BCUT2D eigenvalue weighted by atomic mass is 16.6. The van der Waals surface area contributed by atoms with E-state index in [1.807, 2.05) is 0 Å². The molecule has 0 aliphatic carbocycles. The van der Waals surface area contributed by atoms with Gasteiger partial charge in [0.15, 0.2) is 0 Å². The second kappa shape index (κ2) is 10.5. The summed E-state index contributed by atoms with van der Waals surface area (Å²) in [5.41, 5.74) is 2.96. The predicted octanol–water partition coefficient (Wildman–Crippen LogP) is 4.00. The van der Waals surface area contributed by atoms with Crippen LogP contribution >= 0.6 is 0 Å². The molecule has 11 heteroatoms. The average Bonchev–Trinajstić information content (AvgIpc) is 2.80. The minimum atomic E-state index is -0.752. The van der Waals surface area contributed by atoms with Gasteiger partial charge in [0.05, 0.1) is 35.7 Å². The maximum Gasteiger partial charge on any atom is 0.318 e. The molecule has 0 unspecified atom stereocenters. The number of hydrogen-bond acceptors (Lipinski definition) is 8. The third kappa shape index (κ3) is 6.34. The number of amides is 1. The fraction of sp³-hybridized carbons (Fsp3) is 0.0909. The van der Waals surface area contributed by atoms with Crippen LogP contribution in [0.4, 0.5) is 11.4 Å². The molecule has 0 aliphatic rings. The molecule has 0 radical (unpaired) electrons. The first kappa shape index (κ1) is 22.9. The first-order valence-electron chi connectivity index (χ1n) is 9.51. The van der Waals surface area contributed by atoms with Gasteiger partial charge in [-0.25, -0.2) is 5.43 Å². The van der Waals surface area contributed by atoms with Crippen molar-refractivity contribution in [2.75, 3.05) is 7.11 Å². The Morgan fingerprint density at radius 1 is 0.970 bits per heavy atom. The summed E-state index contributed by atoms with van der Waals surface area (Å²) in [4.78, 5) is 32.5. The summed E-state index contributed by atoms with van der Waals surface area (Å²) >= 11 is 0. The van der Waals surface area contributed by atoms with Crippen LogP contribution < -0.4 is 14.9 Å². The van der Waals surface area contributed by atoms with Gasteiger partial charge in [0.1, 0.15) is 11.5 Å². The molecule has 0 spiro atoms. The second-order valence-electron chi connectivity index (χ2n) is 6.66. The molecule has 0 bridgehead atoms. The van der Waals surface area contributed by atoms with Gasteiger partial charge in [-0.05, 0) is 53.6 Å². The highest BCUT2D eigenvalue weighted by molar-refractivity contribution is 5.83. The van der Waals surface area contributed by atoms with E-state index in [2.05, 4.69) is 10.5 Å². The molecule has 3 rings (SSSR count). The lowest BCUT2D eigenvalue weighted by Gasteiger charge is -2.06. The lowest BCUT2D eigenvalue weighted by Crippen LogP contribution is -2.19. The first-order valence-corrected chi connectivity index (χ1v) is 9.51. The number of hydrogen-bond donors (Lipinski definition) is 1. The molecule has 3 aromatic rings. The summed E-state index contributed by atoms with van der Waals surface area (Å²) < 4.78 is 10.6.